The summed E-state index contributed by atoms with van der Waals surface area (Å²) in [5.41, 5.74) is 2.85. The first-order valence-electron chi connectivity index (χ1n) is 8.06. The van der Waals surface area contributed by atoms with Gasteiger partial charge < -0.3 is 4.90 Å². The molecule has 1 aromatic carbocycles. The fourth-order valence-corrected chi connectivity index (χ4v) is 2.96. The summed E-state index contributed by atoms with van der Waals surface area (Å²) >= 11 is 0. The van der Waals surface area contributed by atoms with Crippen molar-refractivity contribution in [1.82, 2.24) is 20.0 Å². The average Bonchev–Trinajstić information content (AvgIpc) is 2.97. The smallest absolute Gasteiger partial charge is 0.224 e. The molecule has 2 heterocycles. The Hall–Kier alpha value is -2.47. The van der Waals surface area contributed by atoms with Crippen molar-refractivity contribution < 1.29 is 9.18 Å². The van der Waals surface area contributed by atoms with Crippen LogP contribution in [0.5, 0.6) is 0 Å². The van der Waals surface area contributed by atoms with Crippen LogP contribution in [-0.4, -0.2) is 52.1 Å². The highest BCUT2D eigenvalue weighted by molar-refractivity contribution is 5.76. The number of hydrogen-bond donors (Lipinski definition) is 1. The van der Waals surface area contributed by atoms with E-state index in [-0.39, 0.29) is 11.7 Å². The van der Waals surface area contributed by atoms with Gasteiger partial charge in [-0.3, -0.25) is 14.8 Å². The molecule has 1 saturated heterocycles. The van der Waals surface area contributed by atoms with E-state index >= 15 is 0 Å². The first kappa shape index (κ1) is 16.4. The molecule has 0 radical (unpaired) electrons. The number of carbonyl (C=O) groups is 1. The van der Waals surface area contributed by atoms with Crippen molar-refractivity contribution in [1.29, 1.82) is 0 Å². The Morgan fingerprint density at radius 3 is 2.79 bits per heavy atom. The lowest BCUT2D eigenvalue weighted by Gasteiger charge is -2.21. The molecule has 0 unspecified atom stereocenters. The molecule has 1 aliphatic rings. The lowest BCUT2D eigenvalue weighted by Crippen LogP contribution is -2.33. The number of nitrogens with zero attached hydrogens (tertiary/aromatic N) is 3. The number of rotatable bonds is 5. The highest BCUT2D eigenvalue weighted by atomic mass is 19.1. The Kier molecular flexibility index (Phi) is 5.05. The Labute approximate surface area is 140 Å². The lowest BCUT2D eigenvalue weighted by molar-refractivity contribution is -0.129. The van der Waals surface area contributed by atoms with Gasteiger partial charge in [-0.15, -0.1) is 6.58 Å². The van der Waals surface area contributed by atoms with Gasteiger partial charge >= 0.3 is 0 Å². The Morgan fingerprint density at radius 2 is 2.04 bits per heavy atom. The Morgan fingerprint density at radius 1 is 1.25 bits per heavy atom. The summed E-state index contributed by atoms with van der Waals surface area (Å²) in [5, 5.41) is 7.13. The zero-order valence-electron chi connectivity index (χ0n) is 13.5. The molecule has 1 aromatic heterocycles. The fraction of sp³-hybridized carbons (Fsp3) is 0.333. The summed E-state index contributed by atoms with van der Waals surface area (Å²) in [6.45, 7) is 7.25. The van der Waals surface area contributed by atoms with Crippen LogP contribution in [0.25, 0.3) is 11.3 Å². The predicted octanol–water partition coefficient (Wildman–Crippen LogP) is 2.44. The van der Waals surface area contributed by atoms with E-state index in [1.165, 1.54) is 12.1 Å². The van der Waals surface area contributed by atoms with Crippen LogP contribution in [0.1, 0.15) is 12.0 Å². The third-order valence-corrected chi connectivity index (χ3v) is 4.27. The second-order valence-corrected chi connectivity index (χ2v) is 5.93. The van der Waals surface area contributed by atoms with E-state index in [9.17, 15) is 9.18 Å². The molecule has 24 heavy (non-hydrogen) atoms. The van der Waals surface area contributed by atoms with Gasteiger partial charge in [0.15, 0.2) is 0 Å². The number of nitrogens with one attached hydrogen (secondary N) is 1. The minimum Gasteiger partial charge on any atom is -0.338 e. The van der Waals surface area contributed by atoms with Gasteiger partial charge in [-0.1, -0.05) is 6.08 Å². The number of halogens is 1. The van der Waals surface area contributed by atoms with E-state index in [1.54, 1.807) is 24.4 Å². The lowest BCUT2D eigenvalue weighted by atomic mass is 10.1. The molecule has 0 atom stereocenters. The summed E-state index contributed by atoms with van der Waals surface area (Å²) in [7, 11) is 0. The molecule has 0 saturated carbocycles. The maximum absolute atomic E-state index is 13.1. The van der Waals surface area contributed by atoms with Crippen LogP contribution in [0.15, 0.2) is 43.1 Å². The van der Waals surface area contributed by atoms with Gasteiger partial charge in [0.1, 0.15) is 5.82 Å². The maximum atomic E-state index is 13.1. The average molecular weight is 328 g/mol. The molecule has 0 aliphatic carbocycles. The standard InChI is InChI=1S/C18H21FN4O/c1-2-8-23-11-10-22(9-7-17(23)24)13-15-12-20-21-18(15)14-3-5-16(19)6-4-14/h2-6,12H,1,7-11,13H2,(H,20,21). The minimum atomic E-state index is -0.256. The normalized spacial score (nSPS) is 16.2. The minimum absolute atomic E-state index is 0.170. The molecule has 1 N–H and O–H groups in total. The number of hydrogen-bond acceptors (Lipinski definition) is 3. The molecule has 1 aliphatic heterocycles. The van der Waals surface area contributed by atoms with Crippen LogP contribution in [0.3, 0.4) is 0 Å². The Bertz CT molecular complexity index is 710. The van der Waals surface area contributed by atoms with Crippen LogP contribution >= 0.6 is 0 Å². The van der Waals surface area contributed by atoms with Crippen LogP contribution in [-0.2, 0) is 11.3 Å². The third-order valence-electron chi connectivity index (χ3n) is 4.27. The highest BCUT2D eigenvalue weighted by Gasteiger charge is 2.21. The highest BCUT2D eigenvalue weighted by Crippen LogP contribution is 2.23. The number of H-pyrrole nitrogens is 1. The fourth-order valence-electron chi connectivity index (χ4n) is 2.96. The van der Waals surface area contributed by atoms with Crippen LogP contribution in [0.4, 0.5) is 4.39 Å². The van der Waals surface area contributed by atoms with Gasteiger partial charge in [0.05, 0.1) is 11.9 Å². The van der Waals surface area contributed by atoms with E-state index in [2.05, 4.69) is 21.7 Å². The second kappa shape index (κ2) is 7.40. The summed E-state index contributed by atoms with van der Waals surface area (Å²) in [6, 6.07) is 6.36. The zero-order chi connectivity index (χ0) is 16.9. The first-order valence-corrected chi connectivity index (χ1v) is 8.06. The summed E-state index contributed by atoms with van der Waals surface area (Å²) in [4.78, 5) is 16.2. The van der Waals surface area contributed by atoms with Crippen molar-refractivity contribution in [2.24, 2.45) is 0 Å². The molecule has 2 aromatic rings. The number of aromatic nitrogens is 2. The largest absolute Gasteiger partial charge is 0.338 e. The SMILES string of the molecule is C=CCN1CCN(Cc2cn[nH]c2-c2ccc(F)cc2)CCC1=O. The summed E-state index contributed by atoms with van der Waals surface area (Å²) in [5.74, 6) is -0.0866. The number of amides is 1. The molecule has 126 valence electrons. The molecule has 3 rings (SSSR count). The summed E-state index contributed by atoms with van der Waals surface area (Å²) < 4.78 is 13.1. The van der Waals surface area contributed by atoms with E-state index in [4.69, 9.17) is 0 Å². The molecule has 1 amide bonds. The number of carbonyl (C=O) groups excluding carboxylic acids is 1. The van der Waals surface area contributed by atoms with Gasteiger partial charge in [0.25, 0.3) is 0 Å². The van der Waals surface area contributed by atoms with Crippen molar-refractivity contribution in [2.45, 2.75) is 13.0 Å². The van der Waals surface area contributed by atoms with E-state index in [0.717, 1.165) is 29.9 Å². The van der Waals surface area contributed by atoms with Crippen LogP contribution in [0, 0.1) is 5.82 Å². The van der Waals surface area contributed by atoms with E-state index in [1.807, 2.05) is 4.90 Å². The summed E-state index contributed by atoms with van der Waals surface area (Å²) in [6.07, 6.45) is 4.07. The second-order valence-electron chi connectivity index (χ2n) is 5.93. The monoisotopic (exact) mass is 328 g/mol. The van der Waals surface area contributed by atoms with E-state index < -0.39 is 0 Å². The molecule has 5 nitrogen and oxygen atoms in total. The molecular formula is C18H21FN4O. The number of aromatic amines is 1. The van der Waals surface area contributed by atoms with Crippen molar-refractivity contribution in [3.05, 3.63) is 54.5 Å². The van der Waals surface area contributed by atoms with Gasteiger partial charge in [0.2, 0.25) is 5.91 Å². The van der Waals surface area contributed by atoms with Gasteiger partial charge in [-0.2, -0.15) is 5.10 Å². The molecular weight excluding hydrogens is 307 g/mol. The van der Waals surface area contributed by atoms with Crippen molar-refractivity contribution in [3.63, 3.8) is 0 Å². The van der Waals surface area contributed by atoms with Gasteiger partial charge in [-0.25, -0.2) is 4.39 Å². The quantitative estimate of drug-likeness (QED) is 0.858. The van der Waals surface area contributed by atoms with Gasteiger partial charge in [0, 0.05) is 50.3 Å². The topological polar surface area (TPSA) is 52.2 Å². The molecule has 6 heteroatoms. The van der Waals surface area contributed by atoms with Crippen molar-refractivity contribution in [3.8, 4) is 11.3 Å². The maximum Gasteiger partial charge on any atom is 0.224 e. The first-order chi connectivity index (χ1) is 11.7. The third kappa shape index (κ3) is 3.71. The molecule has 0 spiro atoms. The van der Waals surface area contributed by atoms with Crippen LogP contribution in [0.2, 0.25) is 0 Å². The predicted molar refractivity (Wildman–Crippen MR) is 90.7 cm³/mol. The Balaban J connectivity index is 1.71. The van der Waals surface area contributed by atoms with Crippen molar-refractivity contribution >= 4 is 5.91 Å². The zero-order valence-corrected chi connectivity index (χ0v) is 13.5. The van der Waals surface area contributed by atoms with Gasteiger partial charge in [-0.05, 0) is 24.3 Å². The van der Waals surface area contributed by atoms with Crippen molar-refractivity contribution in [2.75, 3.05) is 26.2 Å². The molecule has 0 bridgehead atoms. The molecule has 1 fully saturated rings. The number of benzene rings is 1. The van der Waals surface area contributed by atoms with Crippen LogP contribution < -0.4 is 0 Å². The van der Waals surface area contributed by atoms with E-state index in [0.29, 0.717) is 26.1 Å².